The maximum Gasteiger partial charge on any atom is 0.141 e. The van der Waals surface area contributed by atoms with Crippen LogP contribution in [0.1, 0.15) is 44.4 Å². The van der Waals surface area contributed by atoms with E-state index in [2.05, 4.69) is 0 Å². The second-order valence-electron chi connectivity index (χ2n) is 6.84. The highest BCUT2D eigenvalue weighted by molar-refractivity contribution is 5.93. The van der Waals surface area contributed by atoms with Gasteiger partial charge in [0.2, 0.25) is 0 Å². The molecular weight excluding hydrogens is 464 g/mol. The minimum absolute atomic E-state index is 0.170. The molecular formula is C29H35F2NO4. The molecule has 0 spiro atoms. The summed E-state index contributed by atoms with van der Waals surface area (Å²) in [5.74, 6) is -0.776. The fourth-order valence-corrected chi connectivity index (χ4v) is 3.48. The van der Waals surface area contributed by atoms with Gasteiger partial charge in [-0.3, -0.25) is 0 Å². The number of aldehydes is 1. The van der Waals surface area contributed by atoms with Crippen molar-refractivity contribution in [3.05, 3.63) is 89.2 Å². The van der Waals surface area contributed by atoms with Crippen LogP contribution in [0.3, 0.4) is 0 Å². The van der Waals surface area contributed by atoms with Crippen LogP contribution < -0.4 is 10.5 Å². The molecule has 0 bridgehead atoms. The summed E-state index contributed by atoms with van der Waals surface area (Å²) in [4.78, 5) is 10.9. The molecule has 0 radical (unpaired) electrons. The summed E-state index contributed by atoms with van der Waals surface area (Å²) in [6.07, 6.45) is 2.60. The van der Waals surface area contributed by atoms with E-state index in [4.69, 9.17) is 20.0 Å². The first-order chi connectivity index (χ1) is 17.6. The number of fused-ring (bicyclic) bond motifs is 1. The van der Waals surface area contributed by atoms with Gasteiger partial charge in [0, 0.05) is 47.7 Å². The Hall–Kier alpha value is -3.55. The van der Waals surface area contributed by atoms with Gasteiger partial charge in [-0.25, -0.2) is 8.78 Å². The Morgan fingerprint density at radius 3 is 2.33 bits per heavy atom. The molecule has 3 N–H and O–H groups in total. The van der Waals surface area contributed by atoms with Gasteiger partial charge in [-0.1, -0.05) is 45.9 Å². The highest BCUT2D eigenvalue weighted by atomic mass is 19.1. The molecule has 0 saturated heterocycles. The van der Waals surface area contributed by atoms with Crippen molar-refractivity contribution in [2.45, 2.75) is 47.3 Å². The first-order valence-electron chi connectivity index (χ1n) is 11.9. The first kappa shape index (κ1) is 30.5. The number of benzene rings is 3. The molecule has 0 atom stereocenters. The van der Waals surface area contributed by atoms with Crippen LogP contribution in [0.5, 0.6) is 5.75 Å². The van der Waals surface area contributed by atoms with Gasteiger partial charge in [0.15, 0.2) is 0 Å². The molecule has 5 nitrogen and oxygen atoms in total. The Morgan fingerprint density at radius 1 is 0.972 bits per heavy atom. The molecule has 7 heteroatoms. The van der Waals surface area contributed by atoms with Crippen LogP contribution in [-0.2, 0) is 24.4 Å². The van der Waals surface area contributed by atoms with E-state index >= 15 is 0 Å². The van der Waals surface area contributed by atoms with Crippen LogP contribution in [0.4, 0.5) is 8.78 Å². The lowest BCUT2D eigenvalue weighted by atomic mass is 9.98. The zero-order valence-corrected chi connectivity index (χ0v) is 21.5. The summed E-state index contributed by atoms with van der Waals surface area (Å²) >= 11 is 0. The van der Waals surface area contributed by atoms with Gasteiger partial charge < -0.3 is 24.8 Å². The average Bonchev–Trinajstić information content (AvgIpc) is 3.41. The van der Waals surface area contributed by atoms with E-state index in [1.54, 1.807) is 18.2 Å². The van der Waals surface area contributed by atoms with Gasteiger partial charge >= 0.3 is 0 Å². The fourth-order valence-electron chi connectivity index (χ4n) is 3.48. The third kappa shape index (κ3) is 7.23. The molecule has 3 aromatic carbocycles. The number of hydrogen-bond donors (Lipinski definition) is 2. The highest BCUT2D eigenvalue weighted by Crippen LogP contribution is 2.34. The van der Waals surface area contributed by atoms with E-state index in [-0.39, 0.29) is 30.7 Å². The number of carbonyl (C=O) groups excluding carboxylic acids is 1. The normalized spacial score (nSPS) is 9.69. The number of carbonyl (C=O) groups is 1. The monoisotopic (exact) mass is 499 g/mol. The molecule has 0 unspecified atom stereocenters. The van der Waals surface area contributed by atoms with Crippen molar-refractivity contribution < 1.29 is 27.8 Å². The number of aliphatic hydroxyl groups is 1. The minimum Gasteiger partial charge on any atom is -0.489 e. The highest BCUT2D eigenvalue weighted by Gasteiger charge is 2.18. The number of furan rings is 1. The minimum atomic E-state index is -0.704. The van der Waals surface area contributed by atoms with Crippen LogP contribution >= 0.6 is 0 Å². The van der Waals surface area contributed by atoms with Crippen molar-refractivity contribution in [3.8, 4) is 16.9 Å². The number of hydrogen-bond acceptors (Lipinski definition) is 5. The molecule has 194 valence electrons. The Morgan fingerprint density at radius 2 is 1.67 bits per heavy atom. The lowest BCUT2D eigenvalue weighted by Crippen LogP contribution is -2.05. The largest absolute Gasteiger partial charge is 0.489 e. The third-order valence-electron chi connectivity index (χ3n) is 4.96. The van der Waals surface area contributed by atoms with Crippen LogP contribution in [0.15, 0.2) is 65.3 Å². The van der Waals surface area contributed by atoms with Crippen molar-refractivity contribution in [1.82, 2.24) is 0 Å². The topological polar surface area (TPSA) is 85.7 Å². The fraction of sp³-hybridized carbons (Fsp3) is 0.276. The number of ether oxygens (including phenoxy) is 1. The third-order valence-corrected chi connectivity index (χ3v) is 4.96. The van der Waals surface area contributed by atoms with Crippen molar-refractivity contribution in [2.24, 2.45) is 5.73 Å². The smallest absolute Gasteiger partial charge is 0.141 e. The summed E-state index contributed by atoms with van der Waals surface area (Å²) in [5.41, 5.74) is 8.11. The molecule has 0 aliphatic carbocycles. The Labute approximate surface area is 211 Å². The number of nitrogens with two attached hydrogens (primary N) is 1. The second kappa shape index (κ2) is 16.2. The zero-order valence-electron chi connectivity index (χ0n) is 21.5. The van der Waals surface area contributed by atoms with E-state index in [1.807, 2.05) is 52.0 Å². The second-order valence-corrected chi connectivity index (χ2v) is 6.84. The molecule has 1 heterocycles. The van der Waals surface area contributed by atoms with Gasteiger partial charge in [0.05, 0.1) is 6.26 Å². The van der Waals surface area contributed by atoms with Crippen LogP contribution in [-0.4, -0.2) is 18.5 Å². The Bertz CT molecular complexity index is 1220. The Balaban J connectivity index is 0.00000101. The molecule has 0 saturated carbocycles. The molecule has 0 fully saturated rings. The van der Waals surface area contributed by atoms with E-state index in [0.717, 1.165) is 29.9 Å². The van der Waals surface area contributed by atoms with Gasteiger partial charge in [0.1, 0.15) is 35.9 Å². The summed E-state index contributed by atoms with van der Waals surface area (Å²) in [7, 11) is 1.00. The van der Waals surface area contributed by atoms with Crippen LogP contribution in [0, 0.1) is 11.6 Å². The van der Waals surface area contributed by atoms with Gasteiger partial charge in [-0.15, -0.1) is 0 Å². The van der Waals surface area contributed by atoms with Crippen LogP contribution in [0.25, 0.3) is 22.1 Å². The zero-order chi connectivity index (χ0) is 27.1. The summed E-state index contributed by atoms with van der Waals surface area (Å²) in [6.45, 7) is 7.96. The van der Waals surface area contributed by atoms with Crippen molar-refractivity contribution in [1.29, 1.82) is 0 Å². The lowest BCUT2D eigenvalue weighted by molar-refractivity contribution is -0.107. The molecule has 0 aliphatic heterocycles. The van der Waals surface area contributed by atoms with Crippen molar-refractivity contribution >= 4 is 17.3 Å². The van der Waals surface area contributed by atoms with Gasteiger partial charge in [-0.2, -0.15) is 0 Å². The predicted molar refractivity (Wildman–Crippen MR) is 141 cm³/mol. The van der Waals surface area contributed by atoms with Crippen molar-refractivity contribution in [3.63, 3.8) is 0 Å². The van der Waals surface area contributed by atoms with E-state index < -0.39 is 11.6 Å². The van der Waals surface area contributed by atoms with Gasteiger partial charge in [-0.05, 0) is 42.0 Å². The lowest BCUT2D eigenvalue weighted by Gasteiger charge is -2.13. The molecule has 0 amide bonds. The average molecular weight is 500 g/mol. The number of rotatable bonds is 7. The van der Waals surface area contributed by atoms with E-state index in [0.29, 0.717) is 16.9 Å². The first-order valence-corrected chi connectivity index (χ1v) is 11.9. The predicted octanol–water partition coefficient (Wildman–Crippen LogP) is 6.82. The Kier molecular flexibility index (Phi) is 13.7. The summed E-state index contributed by atoms with van der Waals surface area (Å²) < 4.78 is 40.3. The van der Waals surface area contributed by atoms with Crippen molar-refractivity contribution in [2.75, 3.05) is 7.11 Å². The quantitative estimate of drug-likeness (QED) is 0.273. The molecule has 1 aromatic heterocycles. The standard InChI is InChI=1S/C24H19F2NO3.2C2H6.CH4O/c25-21-6-5-18(23(26)20(21)13-27)19-12-15(11-17-8-10-29-24(17)19)14-30-22-4-2-1-3-16(22)7-9-28;3*1-2/h1-6,8-12H,7,13-14,27H2;2*1-2H3;2H,1H3. The van der Waals surface area contributed by atoms with Crippen LogP contribution in [0.2, 0.25) is 0 Å². The number of para-hydroxylation sites is 1. The molecule has 0 aliphatic rings. The van der Waals surface area contributed by atoms with E-state index in [1.165, 1.54) is 18.4 Å². The number of halogens is 2. The van der Waals surface area contributed by atoms with E-state index in [9.17, 15) is 13.6 Å². The molecule has 4 aromatic rings. The summed E-state index contributed by atoms with van der Waals surface area (Å²) in [6, 6.07) is 15.3. The molecule has 4 rings (SSSR count). The maximum atomic E-state index is 14.9. The maximum absolute atomic E-state index is 14.9. The SMILES string of the molecule is CC.CC.CO.NCc1c(F)ccc(-c2cc(COc3ccccc3CC=O)cc3ccoc23)c1F. The molecule has 36 heavy (non-hydrogen) atoms. The number of aliphatic hydroxyl groups excluding tert-OH is 1. The van der Waals surface area contributed by atoms with Gasteiger partial charge in [0.25, 0.3) is 0 Å². The summed E-state index contributed by atoms with van der Waals surface area (Å²) in [5, 5.41) is 7.77.